The summed E-state index contributed by atoms with van der Waals surface area (Å²) >= 11 is 0. The molecule has 124 valence electrons. The Kier molecular flexibility index (Phi) is 4.69. The van der Waals surface area contributed by atoms with Gasteiger partial charge in [-0.25, -0.2) is 15.0 Å². The van der Waals surface area contributed by atoms with Gasteiger partial charge < -0.3 is 10.1 Å². The zero-order valence-electron chi connectivity index (χ0n) is 14.0. The molecule has 0 saturated carbocycles. The van der Waals surface area contributed by atoms with Gasteiger partial charge in [0.05, 0.1) is 18.5 Å². The zero-order valence-corrected chi connectivity index (χ0v) is 14.0. The van der Waals surface area contributed by atoms with Crippen LogP contribution in [-0.4, -0.2) is 30.6 Å². The Labute approximate surface area is 140 Å². The molecule has 0 saturated heterocycles. The van der Waals surface area contributed by atoms with Gasteiger partial charge in [-0.05, 0) is 32.4 Å². The van der Waals surface area contributed by atoms with Gasteiger partial charge in [-0.2, -0.15) is 0 Å². The summed E-state index contributed by atoms with van der Waals surface area (Å²) in [5, 5.41) is 3.27. The topological polar surface area (TPSA) is 77.8 Å². The van der Waals surface area contributed by atoms with Crippen molar-refractivity contribution in [2.45, 2.75) is 33.4 Å². The molecule has 0 spiro atoms. The molecule has 3 rings (SSSR count). The number of pyridine rings is 1. The summed E-state index contributed by atoms with van der Waals surface area (Å²) in [4.78, 5) is 17.2. The second kappa shape index (κ2) is 7.08. The Bertz CT molecular complexity index is 814. The molecule has 3 aromatic rings. The summed E-state index contributed by atoms with van der Waals surface area (Å²) in [6.45, 7) is 6.49. The second-order valence-corrected chi connectivity index (χ2v) is 5.63. The lowest BCUT2D eigenvalue weighted by molar-refractivity contribution is 0.232. The maximum atomic E-state index is 5.61. The van der Waals surface area contributed by atoms with Crippen LogP contribution >= 0.6 is 0 Å². The molecule has 7 nitrogen and oxygen atoms in total. The largest absolute Gasteiger partial charge is 0.475 e. The third kappa shape index (κ3) is 3.87. The average Bonchev–Trinajstić information content (AvgIpc) is 2.99. The molecule has 0 bridgehead atoms. The second-order valence-electron chi connectivity index (χ2n) is 5.63. The first-order valence-corrected chi connectivity index (χ1v) is 7.79. The van der Waals surface area contributed by atoms with Crippen molar-refractivity contribution < 1.29 is 4.74 Å². The van der Waals surface area contributed by atoms with Gasteiger partial charge in [-0.15, -0.1) is 0 Å². The Balaban J connectivity index is 1.70. The fourth-order valence-corrected chi connectivity index (χ4v) is 2.24. The van der Waals surface area contributed by atoms with Crippen molar-refractivity contribution in [1.29, 1.82) is 0 Å². The minimum atomic E-state index is 0.0988. The molecular weight excluding hydrogens is 304 g/mol. The molecular formula is C17H20N6O. The van der Waals surface area contributed by atoms with Crippen LogP contribution < -0.4 is 10.1 Å². The lowest BCUT2D eigenvalue weighted by atomic mass is 10.2. The number of ether oxygens (including phenoxy) is 1. The first-order valence-electron chi connectivity index (χ1n) is 7.79. The van der Waals surface area contributed by atoms with E-state index in [0.29, 0.717) is 18.2 Å². The maximum Gasteiger partial charge on any atom is 0.213 e. The molecule has 3 aromatic heterocycles. The van der Waals surface area contributed by atoms with E-state index in [1.807, 2.05) is 43.7 Å². The highest BCUT2D eigenvalue weighted by Crippen LogP contribution is 2.14. The quantitative estimate of drug-likeness (QED) is 0.751. The molecule has 0 fully saturated rings. The number of hydrogen-bond acceptors (Lipinski definition) is 6. The average molecular weight is 324 g/mol. The molecule has 0 amide bonds. The van der Waals surface area contributed by atoms with E-state index in [1.165, 1.54) is 0 Å². The molecule has 0 unspecified atom stereocenters. The van der Waals surface area contributed by atoms with Crippen molar-refractivity contribution in [2.75, 3.05) is 5.32 Å². The van der Waals surface area contributed by atoms with Crippen LogP contribution in [0.3, 0.4) is 0 Å². The van der Waals surface area contributed by atoms with Gasteiger partial charge in [0.15, 0.2) is 5.82 Å². The number of rotatable bonds is 6. The fourth-order valence-electron chi connectivity index (χ4n) is 2.24. The highest BCUT2D eigenvalue weighted by atomic mass is 16.5. The Hall–Kier alpha value is -2.96. The smallest absolute Gasteiger partial charge is 0.213 e. The van der Waals surface area contributed by atoms with Crippen LogP contribution in [0.25, 0.3) is 5.82 Å². The van der Waals surface area contributed by atoms with Gasteiger partial charge in [0.25, 0.3) is 0 Å². The van der Waals surface area contributed by atoms with Crippen molar-refractivity contribution in [3.05, 3.63) is 54.5 Å². The summed E-state index contributed by atoms with van der Waals surface area (Å²) in [7, 11) is 0. The van der Waals surface area contributed by atoms with Crippen LogP contribution in [0.5, 0.6) is 5.88 Å². The number of aryl methyl sites for hydroxylation is 1. The molecule has 1 N–H and O–H groups in total. The number of nitrogens with zero attached hydrogens (tertiary/aromatic N) is 5. The highest BCUT2D eigenvalue weighted by molar-refractivity contribution is 5.37. The van der Waals surface area contributed by atoms with E-state index in [2.05, 4.69) is 25.3 Å². The Morgan fingerprint density at radius 2 is 2.08 bits per heavy atom. The lowest BCUT2D eigenvalue weighted by Gasteiger charge is -2.11. The van der Waals surface area contributed by atoms with E-state index in [0.717, 1.165) is 17.2 Å². The van der Waals surface area contributed by atoms with Crippen LogP contribution in [0.4, 0.5) is 5.82 Å². The zero-order chi connectivity index (χ0) is 16.9. The monoisotopic (exact) mass is 324 g/mol. The minimum Gasteiger partial charge on any atom is -0.475 e. The molecule has 0 aliphatic rings. The van der Waals surface area contributed by atoms with E-state index in [1.54, 1.807) is 24.8 Å². The summed E-state index contributed by atoms with van der Waals surface area (Å²) < 4.78 is 7.50. The van der Waals surface area contributed by atoms with Gasteiger partial charge in [-0.1, -0.05) is 0 Å². The lowest BCUT2D eigenvalue weighted by Crippen LogP contribution is -2.08. The number of aromatic nitrogens is 5. The van der Waals surface area contributed by atoms with E-state index >= 15 is 0 Å². The van der Waals surface area contributed by atoms with Gasteiger partial charge in [0.1, 0.15) is 11.6 Å². The van der Waals surface area contributed by atoms with Crippen LogP contribution in [0.15, 0.2) is 43.1 Å². The van der Waals surface area contributed by atoms with Crippen molar-refractivity contribution in [1.82, 2.24) is 24.5 Å². The van der Waals surface area contributed by atoms with Crippen molar-refractivity contribution in [2.24, 2.45) is 0 Å². The predicted octanol–water partition coefficient (Wildman–Crippen LogP) is 2.77. The normalized spacial score (nSPS) is 10.8. The number of imidazole rings is 1. The molecule has 0 aromatic carbocycles. The van der Waals surface area contributed by atoms with Gasteiger partial charge in [0.2, 0.25) is 5.88 Å². The molecule has 3 heterocycles. The van der Waals surface area contributed by atoms with Crippen LogP contribution in [0.1, 0.15) is 25.2 Å². The van der Waals surface area contributed by atoms with E-state index in [4.69, 9.17) is 4.74 Å². The van der Waals surface area contributed by atoms with Crippen molar-refractivity contribution in [3.8, 4) is 11.7 Å². The summed E-state index contributed by atoms with van der Waals surface area (Å²) in [6, 6.07) is 3.86. The van der Waals surface area contributed by atoms with E-state index in [9.17, 15) is 0 Å². The molecule has 0 aliphatic heterocycles. The van der Waals surface area contributed by atoms with Crippen LogP contribution in [0.2, 0.25) is 0 Å². The number of hydrogen-bond donors (Lipinski definition) is 1. The standard InChI is InChI=1S/C17H20N6O/c1-12(2)24-17-8-14(4-5-20-17)9-21-15-10-18-11-16(22-15)23-7-6-19-13(23)3/h4-8,10-12H,9H2,1-3H3,(H,21,22). The van der Waals surface area contributed by atoms with Crippen LogP contribution in [-0.2, 0) is 6.54 Å². The molecule has 7 heteroatoms. The fraction of sp³-hybridized carbons (Fsp3) is 0.294. The highest BCUT2D eigenvalue weighted by Gasteiger charge is 2.05. The molecule has 0 aliphatic carbocycles. The third-order valence-corrected chi connectivity index (χ3v) is 3.32. The van der Waals surface area contributed by atoms with Crippen molar-refractivity contribution in [3.63, 3.8) is 0 Å². The predicted molar refractivity (Wildman–Crippen MR) is 91.2 cm³/mol. The molecule has 24 heavy (non-hydrogen) atoms. The van der Waals surface area contributed by atoms with Gasteiger partial charge in [-0.3, -0.25) is 9.55 Å². The minimum absolute atomic E-state index is 0.0988. The van der Waals surface area contributed by atoms with Gasteiger partial charge >= 0.3 is 0 Å². The SMILES string of the molecule is Cc1nccn1-c1cncc(NCc2ccnc(OC(C)C)c2)n1. The summed E-state index contributed by atoms with van der Waals surface area (Å²) in [5.74, 6) is 2.92. The van der Waals surface area contributed by atoms with Crippen LogP contribution in [0, 0.1) is 6.92 Å². The Morgan fingerprint density at radius 3 is 2.83 bits per heavy atom. The summed E-state index contributed by atoms with van der Waals surface area (Å²) in [6.07, 6.45) is 8.85. The number of anilines is 1. The molecule has 0 atom stereocenters. The van der Waals surface area contributed by atoms with Crippen molar-refractivity contribution >= 4 is 5.82 Å². The van der Waals surface area contributed by atoms with E-state index in [-0.39, 0.29) is 6.10 Å². The Morgan fingerprint density at radius 1 is 1.21 bits per heavy atom. The maximum absolute atomic E-state index is 5.61. The molecule has 0 radical (unpaired) electrons. The van der Waals surface area contributed by atoms with E-state index < -0.39 is 0 Å². The third-order valence-electron chi connectivity index (χ3n) is 3.32. The van der Waals surface area contributed by atoms with Gasteiger partial charge in [0, 0.05) is 31.2 Å². The first kappa shape index (κ1) is 15.9. The number of nitrogens with one attached hydrogen (secondary N) is 1. The first-order chi connectivity index (χ1) is 11.6. The summed E-state index contributed by atoms with van der Waals surface area (Å²) in [5.41, 5.74) is 1.06.